The maximum absolute atomic E-state index is 12.9. The molecule has 0 aliphatic carbocycles. The second-order valence-electron chi connectivity index (χ2n) is 6.22. The molecule has 1 aliphatic heterocycles. The van der Waals surface area contributed by atoms with Gasteiger partial charge < -0.3 is 10.5 Å². The van der Waals surface area contributed by atoms with Crippen molar-refractivity contribution < 1.29 is 22.7 Å². The van der Waals surface area contributed by atoms with E-state index in [2.05, 4.69) is 4.74 Å². The number of nitrogens with two attached hydrogens (primary N) is 1. The Morgan fingerprint density at radius 1 is 1.33 bits per heavy atom. The minimum absolute atomic E-state index is 0.00456. The molecule has 2 rings (SSSR count). The molecule has 2 N–H and O–H groups in total. The first-order valence-electron chi connectivity index (χ1n) is 8.62. The number of hydrogen-bond donors (Lipinski definition) is 1. The molecule has 150 valence electrons. The number of esters is 1. The molecule has 1 aromatic rings. The fourth-order valence-corrected chi connectivity index (χ4v) is 5.90. The van der Waals surface area contributed by atoms with Gasteiger partial charge in [0.05, 0.1) is 12.5 Å². The van der Waals surface area contributed by atoms with Crippen molar-refractivity contribution in [1.29, 1.82) is 0 Å². The van der Waals surface area contributed by atoms with Gasteiger partial charge in [0.15, 0.2) is 0 Å². The number of hydrogen-bond acceptors (Lipinski definition) is 7. The molecular formula is C17H25N3O5S2. The summed E-state index contributed by atoms with van der Waals surface area (Å²) in [6.45, 7) is 1.90. The highest BCUT2D eigenvalue weighted by Gasteiger charge is 2.50. The summed E-state index contributed by atoms with van der Waals surface area (Å²) < 4.78 is 32.4. The Kier molecular flexibility index (Phi) is 7.12. The van der Waals surface area contributed by atoms with E-state index >= 15 is 0 Å². The summed E-state index contributed by atoms with van der Waals surface area (Å²) in [5.41, 5.74) is 6.27. The van der Waals surface area contributed by atoms with Gasteiger partial charge in [-0.1, -0.05) is 25.1 Å². The van der Waals surface area contributed by atoms with E-state index in [9.17, 15) is 18.0 Å². The van der Waals surface area contributed by atoms with Crippen molar-refractivity contribution in [2.24, 2.45) is 0 Å². The van der Waals surface area contributed by atoms with Gasteiger partial charge in [-0.05, 0) is 37.1 Å². The first-order chi connectivity index (χ1) is 12.7. The summed E-state index contributed by atoms with van der Waals surface area (Å²) in [5, 5.41) is -0.755. The van der Waals surface area contributed by atoms with E-state index in [4.69, 9.17) is 5.73 Å². The molecule has 10 heteroatoms. The van der Waals surface area contributed by atoms with Gasteiger partial charge in [-0.3, -0.25) is 9.59 Å². The fourth-order valence-electron chi connectivity index (χ4n) is 2.86. The molecular weight excluding hydrogens is 390 g/mol. The summed E-state index contributed by atoms with van der Waals surface area (Å²) in [5.74, 6) is -0.919. The highest BCUT2D eigenvalue weighted by atomic mass is 32.2. The van der Waals surface area contributed by atoms with Crippen molar-refractivity contribution in [3.8, 4) is 0 Å². The number of carbonyl (C=O) groups excluding carboxylic acids is 2. The van der Waals surface area contributed by atoms with Gasteiger partial charge in [0, 0.05) is 24.1 Å². The molecule has 1 unspecified atom stereocenters. The van der Waals surface area contributed by atoms with Crippen LogP contribution >= 0.6 is 11.8 Å². The number of nitrogen functional groups attached to an aromatic ring is 1. The molecule has 1 heterocycles. The zero-order valence-corrected chi connectivity index (χ0v) is 17.3. The van der Waals surface area contributed by atoms with Gasteiger partial charge >= 0.3 is 16.2 Å². The molecule has 0 aromatic heterocycles. The Hall–Kier alpha value is -1.78. The molecule has 8 nitrogen and oxygen atoms in total. The third kappa shape index (κ3) is 4.74. The molecule has 0 bridgehead atoms. The highest BCUT2D eigenvalue weighted by Crippen LogP contribution is 2.36. The summed E-state index contributed by atoms with van der Waals surface area (Å²) in [6, 6.07) is 6.20. The predicted molar refractivity (Wildman–Crippen MR) is 104 cm³/mol. The lowest BCUT2D eigenvalue weighted by molar-refractivity contribution is -0.141. The zero-order valence-electron chi connectivity index (χ0n) is 15.6. The quantitative estimate of drug-likeness (QED) is 0.392. The van der Waals surface area contributed by atoms with Gasteiger partial charge in [-0.2, -0.15) is 12.7 Å². The van der Waals surface area contributed by atoms with Crippen LogP contribution in [0.4, 0.5) is 5.69 Å². The molecule has 1 amide bonds. The molecule has 0 saturated carbocycles. The zero-order chi connectivity index (χ0) is 20.2. The van der Waals surface area contributed by atoms with Crippen LogP contribution in [0.25, 0.3) is 0 Å². The number of methoxy groups -OCH3 is 1. The molecule has 27 heavy (non-hydrogen) atoms. The number of rotatable bonds is 8. The third-order valence-electron chi connectivity index (χ3n) is 4.35. The number of nitrogens with zero attached hydrogens (tertiary/aromatic N) is 2. The number of anilines is 1. The van der Waals surface area contributed by atoms with E-state index in [0.717, 1.165) is 13.5 Å². The van der Waals surface area contributed by atoms with Crippen LogP contribution in [0.15, 0.2) is 29.2 Å². The van der Waals surface area contributed by atoms with E-state index in [1.54, 1.807) is 24.3 Å². The van der Waals surface area contributed by atoms with Crippen LogP contribution in [0.1, 0.15) is 32.6 Å². The summed E-state index contributed by atoms with van der Waals surface area (Å²) in [6.07, 6.45) is 1.29. The molecule has 1 fully saturated rings. The van der Waals surface area contributed by atoms with Gasteiger partial charge in [0.1, 0.15) is 6.04 Å². The number of likely N-dealkylation sites (N-methyl/N-ethyl adjacent to an activating group) is 1. The Bertz CT molecular complexity index is 782. The molecule has 1 aromatic carbocycles. The van der Waals surface area contributed by atoms with Gasteiger partial charge in [0.2, 0.25) is 0 Å². The molecule has 1 saturated heterocycles. The Balaban J connectivity index is 2.34. The lowest BCUT2D eigenvalue weighted by Crippen LogP contribution is -2.40. The maximum Gasteiger partial charge on any atom is 0.307 e. The van der Waals surface area contributed by atoms with Crippen LogP contribution in [0.3, 0.4) is 0 Å². The molecule has 2 atom stereocenters. The average molecular weight is 416 g/mol. The minimum Gasteiger partial charge on any atom is -0.469 e. The molecule has 1 aliphatic rings. The van der Waals surface area contributed by atoms with Crippen LogP contribution in [0, 0.1) is 0 Å². The number of ether oxygens (including phenoxy) is 1. The van der Waals surface area contributed by atoms with Crippen molar-refractivity contribution >= 4 is 39.5 Å². The monoisotopic (exact) mass is 415 g/mol. The normalized spacial score (nSPS) is 20.6. The van der Waals surface area contributed by atoms with Crippen molar-refractivity contribution in [2.45, 2.75) is 48.9 Å². The smallest absolute Gasteiger partial charge is 0.307 e. The molecule has 0 spiro atoms. The Morgan fingerprint density at radius 3 is 2.52 bits per heavy atom. The van der Waals surface area contributed by atoms with Crippen LogP contribution in [-0.4, -0.2) is 54.5 Å². The summed E-state index contributed by atoms with van der Waals surface area (Å²) in [7, 11) is -1.26. The largest absolute Gasteiger partial charge is 0.469 e. The maximum atomic E-state index is 12.9. The number of amides is 1. The standard InChI is InChI=1S/C17H25N3O5S2/c1-4-5-14-17(22)20(27(23,24)19(14)2)15(10-11-16(21)25-3)26-13-8-6-12(18)7-9-13/h6-9,14-15H,4-5,10-11,18H2,1-3H3/t14-,15?/m0/s1. The van der Waals surface area contributed by atoms with E-state index < -0.39 is 33.5 Å². The first-order valence-corrected chi connectivity index (χ1v) is 10.9. The molecule has 0 radical (unpaired) electrons. The van der Waals surface area contributed by atoms with Crippen molar-refractivity contribution in [3.05, 3.63) is 24.3 Å². The second kappa shape index (κ2) is 8.94. The lowest BCUT2D eigenvalue weighted by atomic mass is 10.1. The van der Waals surface area contributed by atoms with Gasteiger partial charge in [0.25, 0.3) is 5.91 Å². The van der Waals surface area contributed by atoms with Crippen LogP contribution < -0.4 is 5.73 Å². The number of thioether (sulfide) groups is 1. The Labute approximate surface area is 164 Å². The fraction of sp³-hybridized carbons (Fsp3) is 0.529. The topological polar surface area (TPSA) is 110 Å². The first kappa shape index (κ1) is 21.5. The SMILES string of the molecule is CCC[C@H]1C(=O)N(C(CCC(=O)OC)Sc2ccc(N)cc2)S(=O)(=O)N1C. The third-order valence-corrected chi connectivity index (χ3v) is 7.66. The van der Waals surface area contributed by atoms with Crippen molar-refractivity contribution in [3.63, 3.8) is 0 Å². The van der Waals surface area contributed by atoms with Crippen LogP contribution in [0.5, 0.6) is 0 Å². The summed E-state index contributed by atoms with van der Waals surface area (Å²) in [4.78, 5) is 25.2. The lowest BCUT2D eigenvalue weighted by Gasteiger charge is -2.26. The predicted octanol–water partition coefficient (Wildman–Crippen LogP) is 1.83. The van der Waals surface area contributed by atoms with Crippen molar-refractivity contribution in [2.75, 3.05) is 19.9 Å². The van der Waals surface area contributed by atoms with Gasteiger partial charge in [-0.15, -0.1) is 0 Å². The summed E-state index contributed by atoms with van der Waals surface area (Å²) >= 11 is 1.21. The van der Waals surface area contributed by atoms with Crippen LogP contribution in [0.2, 0.25) is 0 Å². The van der Waals surface area contributed by atoms with E-state index in [0.29, 0.717) is 18.5 Å². The Morgan fingerprint density at radius 2 is 1.96 bits per heavy atom. The average Bonchev–Trinajstić information content (AvgIpc) is 2.80. The second-order valence-corrected chi connectivity index (χ2v) is 9.34. The van der Waals surface area contributed by atoms with Crippen LogP contribution in [-0.2, 0) is 24.5 Å². The van der Waals surface area contributed by atoms with Gasteiger partial charge in [-0.25, -0.2) is 4.31 Å². The van der Waals surface area contributed by atoms with E-state index in [1.807, 2.05) is 6.92 Å². The number of benzene rings is 1. The number of carbonyl (C=O) groups is 2. The van der Waals surface area contributed by atoms with Crippen molar-refractivity contribution in [1.82, 2.24) is 8.61 Å². The van der Waals surface area contributed by atoms with E-state index in [1.165, 1.54) is 25.9 Å². The minimum atomic E-state index is -3.95. The van der Waals surface area contributed by atoms with E-state index in [-0.39, 0.29) is 12.8 Å². The highest BCUT2D eigenvalue weighted by molar-refractivity contribution is 8.00.